The Bertz CT molecular complexity index is 1080. The van der Waals surface area contributed by atoms with Crippen LogP contribution in [-0.4, -0.2) is 62.3 Å². The van der Waals surface area contributed by atoms with Gasteiger partial charge in [0.25, 0.3) is 0 Å². The zero-order valence-corrected chi connectivity index (χ0v) is 16.4. The van der Waals surface area contributed by atoms with Crippen LogP contribution < -0.4 is 4.90 Å². The Morgan fingerprint density at radius 1 is 0.929 bits per heavy atom. The number of aliphatic hydroxyl groups is 2. The van der Waals surface area contributed by atoms with E-state index in [0.29, 0.717) is 5.58 Å². The Labute approximate surface area is 163 Å². The van der Waals surface area contributed by atoms with Crippen LogP contribution in [0.4, 0.5) is 5.69 Å². The molecule has 2 heterocycles. The molecule has 2 aromatic carbocycles. The number of aliphatic hydroxyl groups excluding tert-OH is 2. The first-order chi connectivity index (χ1) is 13.5. The normalized spacial score (nSPS) is 15.3. The first kappa shape index (κ1) is 19.2. The van der Waals surface area contributed by atoms with E-state index in [2.05, 4.69) is 4.90 Å². The van der Waals surface area contributed by atoms with Gasteiger partial charge in [-0.1, -0.05) is 0 Å². The van der Waals surface area contributed by atoms with Crippen molar-refractivity contribution in [1.82, 2.24) is 4.31 Å². The van der Waals surface area contributed by atoms with Gasteiger partial charge in [-0.2, -0.15) is 4.31 Å². The number of sulfonamides is 1. The average molecular weight is 404 g/mol. The van der Waals surface area contributed by atoms with Gasteiger partial charge >= 0.3 is 0 Å². The van der Waals surface area contributed by atoms with Crippen molar-refractivity contribution in [3.8, 4) is 0 Å². The minimum Gasteiger partial charge on any atom is -0.456 e. The second-order valence-electron chi connectivity index (χ2n) is 6.99. The summed E-state index contributed by atoms with van der Waals surface area (Å²) in [5.74, 6) is 0. The number of hydrogen-bond acceptors (Lipinski definition) is 6. The lowest BCUT2D eigenvalue weighted by molar-refractivity contribution is 0.217. The van der Waals surface area contributed by atoms with Crippen LogP contribution in [0.15, 0.2) is 45.7 Å². The Morgan fingerprint density at radius 2 is 1.64 bits per heavy atom. The molecule has 28 heavy (non-hydrogen) atoms. The highest BCUT2D eigenvalue weighted by Crippen LogP contribution is 2.34. The van der Waals surface area contributed by atoms with E-state index < -0.39 is 10.0 Å². The third-order valence-corrected chi connectivity index (χ3v) is 7.13. The highest BCUT2D eigenvalue weighted by Gasteiger charge is 2.25. The van der Waals surface area contributed by atoms with E-state index in [1.54, 1.807) is 12.1 Å². The predicted molar refractivity (Wildman–Crippen MR) is 108 cm³/mol. The zero-order valence-electron chi connectivity index (χ0n) is 15.5. The van der Waals surface area contributed by atoms with Gasteiger partial charge in [0, 0.05) is 48.7 Å². The fourth-order valence-electron chi connectivity index (χ4n) is 3.80. The maximum atomic E-state index is 12.9. The van der Waals surface area contributed by atoms with Crippen molar-refractivity contribution in [2.24, 2.45) is 0 Å². The quantitative estimate of drug-likeness (QED) is 0.627. The summed E-state index contributed by atoms with van der Waals surface area (Å²) < 4.78 is 32.9. The van der Waals surface area contributed by atoms with Crippen LogP contribution in [0.3, 0.4) is 0 Å². The minimum atomic E-state index is -3.82. The van der Waals surface area contributed by atoms with Gasteiger partial charge in [0.05, 0.1) is 18.1 Å². The monoisotopic (exact) mass is 404 g/mol. The molecule has 7 nitrogen and oxygen atoms in total. The molecular weight excluding hydrogens is 380 g/mol. The van der Waals surface area contributed by atoms with Gasteiger partial charge in [-0.05, 0) is 43.2 Å². The second kappa shape index (κ2) is 7.71. The van der Waals surface area contributed by atoms with E-state index in [9.17, 15) is 8.42 Å². The largest absolute Gasteiger partial charge is 0.456 e. The third-order valence-electron chi connectivity index (χ3n) is 5.23. The first-order valence-corrected chi connectivity index (χ1v) is 10.9. The van der Waals surface area contributed by atoms with Gasteiger partial charge < -0.3 is 19.5 Å². The summed E-state index contributed by atoms with van der Waals surface area (Å²) >= 11 is 0. The number of rotatable bonds is 7. The van der Waals surface area contributed by atoms with Gasteiger partial charge in [-0.3, -0.25) is 0 Å². The van der Waals surface area contributed by atoms with E-state index in [1.165, 1.54) is 18.9 Å². The van der Waals surface area contributed by atoms with Crippen LogP contribution in [0.5, 0.6) is 0 Å². The molecule has 0 aliphatic carbocycles. The molecule has 4 rings (SSSR count). The van der Waals surface area contributed by atoms with Crippen molar-refractivity contribution in [2.75, 3.05) is 44.3 Å². The number of nitrogens with zero attached hydrogens (tertiary/aromatic N) is 2. The topological polar surface area (TPSA) is 94.2 Å². The average Bonchev–Trinajstić information content (AvgIpc) is 3.34. The van der Waals surface area contributed by atoms with Crippen LogP contribution in [0.2, 0.25) is 0 Å². The molecule has 3 aromatic rings. The number of furan rings is 1. The van der Waals surface area contributed by atoms with Crippen molar-refractivity contribution >= 4 is 37.6 Å². The Morgan fingerprint density at radius 3 is 2.32 bits per heavy atom. The van der Waals surface area contributed by atoms with Gasteiger partial charge in [0.2, 0.25) is 10.0 Å². The van der Waals surface area contributed by atoms with Gasteiger partial charge in [-0.15, -0.1) is 0 Å². The predicted octanol–water partition coefficient (Wildman–Crippen LogP) is 2.16. The Kier molecular flexibility index (Phi) is 5.29. The molecule has 1 fully saturated rings. The minimum absolute atomic E-state index is 0.0632. The summed E-state index contributed by atoms with van der Waals surface area (Å²) in [5, 5.41) is 19.9. The van der Waals surface area contributed by atoms with Crippen LogP contribution in [0.25, 0.3) is 21.9 Å². The summed E-state index contributed by atoms with van der Waals surface area (Å²) in [7, 11) is -3.82. The molecule has 0 radical (unpaired) electrons. The van der Waals surface area contributed by atoms with E-state index in [4.69, 9.17) is 14.6 Å². The lowest BCUT2D eigenvalue weighted by atomic mass is 10.1. The van der Waals surface area contributed by atoms with Crippen molar-refractivity contribution < 1.29 is 23.0 Å². The number of hydrogen-bond donors (Lipinski definition) is 2. The molecule has 0 atom stereocenters. The second-order valence-corrected chi connectivity index (χ2v) is 8.92. The maximum Gasteiger partial charge on any atom is 0.243 e. The van der Waals surface area contributed by atoms with E-state index in [1.807, 2.05) is 18.2 Å². The van der Waals surface area contributed by atoms with Crippen molar-refractivity contribution in [3.63, 3.8) is 0 Å². The molecule has 0 bridgehead atoms. The SMILES string of the molecule is O=S(=O)(c1ccc2oc3cc(N4CCCC4)ccc3c2c1)N(CCO)CCO. The van der Waals surface area contributed by atoms with Crippen molar-refractivity contribution in [2.45, 2.75) is 17.7 Å². The number of fused-ring (bicyclic) bond motifs is 3. The molecule has 0 spiro atoms. The number of benzene rings is 2. The molecule has 1 aliphatic heterocycles. The summed E-state index contributed by atoms with van der Waals surface area (Å²) in [6.07, 6.45) is 2.38. The van der Waals surface area contributed by atoms with Gasteiger partial charge in [0.15, 0.2) is 0 Å². The number of anilines is 1. The van der Waals surface area contributed by atoms with Crippen LogP contribution >= 0.6 is 0 Å². The zero-order chi connectivity index (χ0) is 19.7. The third kappa shape index (κ3) is 3.37. The molecule has 1 saturated heterocycles. The van der Waals surface area contributed by atoms with E-state index >= 15 is 0 Å². The Balaban J connectivity index is 1.76. The standard InChI is InChI=1S/C20H24N2O5S/c23-11-9-22(10-12-24)28(25,26)16-4-6-19-18(14-16)17-5-3-15(13-20(17)27-19)21-7-1-2-8-21/h3-6,13-14,23-24H,1-2,7-12H2. The molecule has 0 unspecified atom stereocenters. The lowest BCUT2D eigenvalue weighted by Gasteiger charge is -2.20. The highest BCUT2D eigenvalue weighted by molar-refractivity contribution is 7.89. The van der Waals surface area contributed by atoms with Gasteiger partial charge in [0.1, 0.15) is 11.2 Å². The molecule has 8 heteroatoms. The molecule has 2 N–H and O–H groups in total. The van der Waals surface area contributed by atoms with E-state index in [-0.39, 0.29) is 31.2 Å². The van der Waals surface area contributed by atoms with Crippen LogP contribution in [0, 0.1) is 0 Å². The van der Waals surface area contributed by atoms with Gasteiger partial charge in [-0.25, -0.2) is 8.42 Å². The fourth-order valence-corrected chi connectivity index (χ4v) is 5.25. The van der Waals surface area contributed by atoms with Crippen molar-refractivity contribution in [3.05, 3.63) is 36.4 Å². The molecule has 1 aliphatic rings. The molecule has 0 amide bonds. The molecular formula is C20H24N2O5S. The van der Waals surface area contributed by atoms with Crippen LogP contribution in [0.1, 0.15) is 12.8 Å². The highest BCUT2D eigenvalue weighted by atomic mass is 32.2. The first-order valence-electron chi connectivity index (χ1n) is 9.48. The van der Waals surface area contributed by atoms with Crippen molar-refractivity contribution in [1.29, 1.82) is 0 Å². The molecule has 150 valence electrons. The summed E-state index contributed by atoms with van der Waals surface area (Å²) in [6, 6.07) is 10.8. The fraction of sp³-hybridized carbons (Fsp3) is 0.400. The maximum absolute atomic E-state index is 12.9. The van der Waals surface area contributed by atoms with Crippen LogP contribution in [-0.2, 0) is 10.0 Å². The smallest absolute Gasteiger partial charge is 0.243 e. The summed E-state index contributed by atoms with van der Waals surface area (Å²) in [5.41, 5.74) is 2.48. The summed E-state index contributed by atoms with van der Waals surface area (Å²) in [4.78, 5) is 2.44. The lowest BCUT2D eigenvalue weighted by Crippen LogP contribution is -2.35. The van der Waals surface area contributed by atoms with E-state index in [0.717, 1.165) is 39.4 Å². The molecule has 0 saturated carbocycles. The summed E-state index contributed by atoms with van der Waals surface area (Å²) in [6.45, 7) is 1.34. The Hall–Kier alpha value is -2.13. The molecule has 1 aromatic heterocycles.